The smallest absolute Gasteiger partial charge is 0.309 e. The number of piperidine rings is 1. The Hall–Kier alpha value is -3.03. The van der Waals surface area contributed by atoms with Crippen LogP contribution in [-0.4, -0.2) is 45.4 Å². The molecule has 0 spiro atoms. The van der Waals surface area contributed by atoms with Crippen LogP contribution in [0.3, 0.4) is 0 Å². The molecule has 4 rings (SSSR count). The number of rotatable bonds is 7. The van der Waals surface area contributed by atoms with Gasteiger partial charge in [-0.15, -0.1) is 0 Å². The Kier molecular flexibility index (Phi) is 7.85. The van der Waals surface area contributed by atoms with Crippen molar-refractivity contribution in [3.8, 4) is 0 Å². The number of likely N-dealkylation sites (tertiary alicyclic amines) is 1. The monoisotopic (exact) mass is 543 g/mol. The maximum absolute atomic E-state index is 13.1. The molecule has 7 nitrogen and oxygen atoms in total. The van der Waals surface area contributed by atoms with Crippen LogP contribution in [0.25, 0.3) is 10.9 Å². The summed E-state index contributed by atoms with van der Waals surface area (Å²) in [6, 6.07) is 13.2. The fourth-order valence-electron chi connectivity index (χ4n) is 4.86. The van der Waals surface area contributed by atoms with Gasteiger partial charge in [0.1, 0.15) is 5.69 Å². The normalized spacial score (nSPS) is 14.7. The predicted molar refractivity (Wildman–Crippen MR) is 147 cm³/mol. The van der Waals surface area contributed by atoms with E-state index in [0.29, 0.717) is 47.0 Å². The lowest BCUT2D eigenvalue weighted by atomic mass is 9.86. The van der Waals surface area contributed by atoms with E-state index >= 15 is 0 Å². The number of carboxylic acid groups (broad SMARTS) is 1. The number of anilines is 1. The van der Waals surface area contributed by atoms with Gasteiger partial charge in [-0.25, -0.2) is 0 Å². The van der Waals surface area contributed by atoms with Crippen molar-refractivity contribution >= 4 is 57.6 Å². The molecule has 1 saturated heterocycles. The third-order valence-electron chi connectivity index (χ3n) is 7.18. The highest BCUT2D eigenvalue weighted by molar-refractivity contribution is 6.45. The molecule has 2 amide bonds. The molecule has 1 fully saturated rings. The molecular formula is C28H31Cl2N3O4. The number of aliphatic carboxylic acids is 1. The molecule has 3 aromatic rings. The highest BCUT2D eigenvalue weighted by atomic mass is 35.5. The lowest BCUT2D eigenvalue weighted by molar-refractivity contribution is -0.151. The zero-order chi connectivity index (χ0) is 26.9. The van der Waals surface area contributed by atoms with Crippen LogP contribution in [0.4, 0.5) is 5.69 Å². The fraction of sp³-hybridized carbons (Fsp3) is 0.393. The minimum atomic E-state index is -1.07. The summed E-state index contributed by atoms with van der Waals surface area (Å²) >= 11 is 12.5. The second kappa shape index (κ2) is 10.8. The van der Waals surface area contributed by atoms with E-state index < -0.39 is 11.4 Å². The fourth-order valence-corrected chi connectivity index (χ4v) is 5.24. The Balaban J connectivity index is 1.39. The van der Waals surface area contributed by atoms with Gasteiger partial charge in [0, 0.05) is 37.1 Å². The van der Waals surface area contributed by atoms with E-state index in [2.05, 4.69) is 5.32 Å². The standard InChI is InChI=1S/C28H31Cl2N3O4/c1-4-33-22-10-9-21(29)25(30)20(22)15-23(33)26(35)31-19-7-5-17(6-8-19)18-11-13-32(14-12-18)24(34)16-28(2,3)27(36)37/h5-10,15,18H,4,11-14,16H2,1-3H3,(H,31,35)(H,36,37). The topological polar surface area (TPSA) is 91.6 Å². The van der Waals surface area contributed by atoms with Gasteiger partial charge in [0.25, 0.3) is 5.91 Å². The Labute approximate surface area is 226 Å². The number of hydrogen-bond acceptors (Lipinski definition) is 3. The Morgan fingerprint density at radius 1 is 1.05 bits per heavy atom. The summed E-state index contributed by atoms with van der Waals surface area (Å²) in [6.45, 7) is 6.94. The van der Waals surface area contributed by atoms with Crippen LogP contribution >= 0.6 is 23.2 Å². The molecule has 0 atom stereocenters. The Morgan fingerprint density at radius 3 is 2.30 bits per heavy atom. The van der Waals surface area contributed by atoms with Crippen molar-refractivity contribution in [3.63, 3.8) is 0 Å². The maximum Gasteiger partial charge on any atom is 0.309 e. The summed E-state index contributed by atoms with van der Waals surface area (Å²) < 4.78 is 1.91. The van der Waals surface area contributed by atoms with E-state index in [1.165, 1.54) is 0 Å². The molecule has 0 unspecified atom stereocenters. The minimum Gasteiger partial charge on any atom is -0.481 e. The molecule has 0 radical (unpaired) electrons. The molecule has 37 heavy (non-hydrogen) atoms. The van der Waals surface area contributed by atoms with E-state index in [4.69, 9.17) is 23.2 Å². The average Bonchev–Trinajstić information content (AvgIpc) is 3.26. The third-order valence-corrected chi connectivity index (χ3v) is 8.00. The quantitative estimate of drug-likeness (QED) is 0.359. The first-order valence-corrected chi connectivity index (χ1v) is 13.2. The molecule has 1 aliphatic heterocycles. The number of halogens is 2. The Morgan fingerprint density at radius 2 is 1.70 bits per heavy atom. The average molecular weight is 544 g/mol. The van der Waals surface area contributed by atoms with Crippen molar-refractivity contribution in [2.24, 2.45) is 5.41 Å². The van der Waals surface area contributed by atoms with E-state index in [9.17, 15) is 19.5 Å². The van der Waals surface area contributed by atoms with Crippen LogP contribution in [0, 0.1) is 5.41 Å². The van der Waals surface area contributed by atoms with Crippen LogP contribution in [-0.2, 0) is 16.1 Å². The summed E-state index contributed by atoms with van der Waals surface area (Å²) in [4.78, 5) is 38.8. The van der Waals surface area contributed by atoms with Crippen LogP contribution in [0.15, 0.2) is 42.5 Å². The first-order valence-electron chi connectivity index (χ1n) is 12.4. The lowest BCUT2D eigenvalue weighted by Gasteiger charge is -2.34. The summed E-state index contributed by atoms with van der Waals surface area (Å²) in [5, 5.41) is 13.9. The number of hydrogen-bond donors (Lipinski definition) is 2. The molecule has 196 valence electrons. The minimum absolute atomic E-state index is 0.00237. The van der Waals surface area contributed by atoms with Gasteiger partial charge in [-0.1, -0.05) is 35.3 Å². The number of nitrogens with zero attached hydrogens (tertiary/aromatic N) is 2. The first-order chi connectivity index (χ1) is 17.5. The van der Waals surface area contributed by atoms with E-state index in [0.717, 1.165) is 29.3 Å². The van der Waals surface area contributed by atoms with Crippen LogP contribution in [0.1, 0.15) is 62.0 Å². The molecular weight excluding hydrogens is 513 g/mol. The molecule has 1 aromatic heterocycles. The van der Waals surface area contributed by atoms with Crippen molar-refractivity contribution in [1.82, 2.24) is 9.47 Å². The van der Waals surface area contributed by atoms with Crippen molar-refractivity contribution < 1.29 is 19.5 Å². The number of nitrogens with one attached hydrogen (secondary N) is 1. The number of carbonyl (C=O) groups excluding carboxylic acids is 2. The molecule has 0 aliphatic carbocycles. The van der Waals surface area contributed by atoms with Gasteiger partial charge in [0.05, 0.1) is 21.0 Å². The van der Waals surface area contributed by atoms with Crippen molar-refractivity contribution in [2.45, 2.75) is 52.5 Å². The maximum atomic E-state index is 13.1. The van der Waals surface area contributed by atoms with Gasteiger partial charge in [0.2, 0.25) is 5.91 Å². The van der Waals surface area contributed by atoms with Gasteiger partial charge in [-0.2, -0.15) is 0 Å². The van der Waals surface area contributed by atoms with Gasteiger partial charge in [-0.05, 0) is 75.4 Å². The number of carbonyl (C=O) groups is 3. The first kappa shape index (κ1) is 27.0. The highest BCUT2D eigenvalue weighted by Gasteiger charge is 2.33. The SMILES string of the molecule is CCn1c(C(=O)Nc2ccc(C3CCN(C(=O)CC(C)(C)C(=O)O)CC3)cc2)cc2c(Cl)c(Cl)ccc21. The second-order valence-corrected chi connectivity index (χ2v) is 11.0. The zero-order valence-electron chi connectivity index (χ0n) is 21.2. The molecule has 1 aliphatic rings. The van der Waals surface area contributed by atoms with Crippen LogP contribution in [0.2, 0.25) is 10.0 Å². The summed E-state index contributed by atoms with van der Waals surface area (Å²) in [7, 11) is 0. The van der Waals surface area contributed by atoms with Crippen molar-refractivity contribution in [1.29, 1.82) is 0 Å². The zero-order valence-corrected chi connectivity index (χ0v) is 22.7. The van der Waals surface area contributed by atoms with Gasteiger partial charge >= 0.3 is 5.97 Å². The van der Waals surface area contributed by atoms with E-state index in [1.807, 2.05) is 41.8 Å². The highest BCUT2D eigenvalue weighted by Crippen LogP contribution is 2.34. The number of aryl methyl sites for hydroxylation is 1. The third kappa shape index (κ3) is 5.63. The molecule has 9 heteroatoms. The number of fused-ring (bicyclic) bond motifs is 1. The Bertz CT molecular complexity index is 1340. The number of benzene rings is 2. The summed E-state index contributed by atoms with van der Waals surface area (Å²) in [6.07, 6.45) is 1.62. The van der Waals surface area contributed by atoms with Crippen molar-refractivity contribution in [2.75, 3.05) is 18.4 Å². The van der Waals surface area contributed by atoms with Gasteiger partial charge in [0.15, 0.2) is 0 Å². The molecule has 2 aromatic carbocycles. The summed E-state index contributed by atoms with van der Waals surface area (Å²) in [5.41, 5.74) is 2.14. The van der Waals surface area contributed by atoms with Gasteiger partial charge < -0.3 is 19.9 Å². The second-order valence-electron chi connectivity index (χ2n) is 10.2. The van der Waals surface area contributed by atoms with E-state index in [-0.39, 0.29) is 18.2 Å². The molecule has 2 N–H and O–H groups in total. The predicted octanol–water partition coefficient (Wildman–Crippen LogP) is 6.43. The largest absolute Gasteiger partial charge is 0.481 e. The lowest BCUT2D eigenvalue weighted by Crippen LogP contribution is -2.41. The molecule has 0 saturated carbocycles. The number of amides is 2. The molecule has 0 bridgehead atoms. The number of aromatic nitrogens is 1. The molecule has 2 heterocycles. The summed E-state index contributed by atoms with van der Waals surface area (Å²) in [5.74, 6) is -1.01. The van der Waals surface area contributed by atoms with E-state index in [1.54, 1.807) is 30.9 Å². The van der Waals surface area contributed by atoms with Crippen molar-refractivity contribution in [3.05, 3.63) is 63.8 Å². The van der Waals surface area contributed by atoms with Crippen LogP contribution < -0.4 is 5.32 Å². The van der Waals surface area contributed by atoms with Crippen LogP contribution in [0.5, 0.6) is 0 Å². The van der Waals surface area contributed by atoms with Gasteiger partial charge in [-0.3, -0.25) is 14.4 Å². The number of carboxylic acids is 1.